The van der Waals surface area contributed by atoms with Crippen LogP contribution in [-0.2, 0) is 17.5 Å². The summed E-state index contributed by atoms with van der Waals surface area (Å²) in [5.41, 5.74) is 2.32. The van der Waals surface area contributed by atoms with Crippen LogP contribution in [0.1, 0.15) is 39.5 Å². The van der Waals surface area contributed by atoms with Gasteiger partial charge in [-0.05, 0) is 49.8 Å². The molecule has 0 N–H and O–H groups in total. The topological polar surface area (TPSA) is 55.0 Å². The van der Waals surface area contributed by atoms with Gasteiger partial charge in [0, 0.05) is 34.8 Å². The van der Waals surface area contributed by atoms with Crippen molar-refractivity contribution in [3.8, 4) is 6.07 Å². The summed E-state index contributed by atoms with van der Waals surface area (Å²) in [7, 11) is 1.28. The van der Waals surface area contributed by atoms with Gasteiger partial charge < -0.3 is 9.30 Å². The molecule has 0 spiro atoms. The predicted octanol–water partition coefficient (Wildman–Crippen LogP) is 5.73. The molecule has 1 aromatic heterocycles. The molecule has 30 heavy (non-hydrogen) atoms. The largest absolute Gasteiger partial charge is 0.465 e. The molecule has 0 saturated heterocycles. The van der Waals surface area contributed by atoms with Gasteiger partial charge in [0.05, 0.1) is 24.3 Å². The average Bonchev–Trinajstić information content (AvgIpc) is 3.03. The lowest BCUT2D eigenvalue weighted by atomic mass is 10.0. The van der Waals surface area contributed by atoms with Crippen molar-refractivity contribution in [3.05, 3.63) is 76.0 Å². The second-order valence-electron chi connectivity index (χ2n) is 7.05. The molecule has 0 aliphatic heterocycles. The normalized spacial score (nSPS) is 12.1. The number of carbonyl (C=O) groups excluding carboxylic acids is 1. The number of fused-ring (bicyclic) bond motifs is 1. The number of ether oxygens (including phenoxy) is 1. The Balaban J connectivity index is 2.20. The highest BCUT2D eigenvalue weighted by Crippen LogP contribution is 2.32. The van der Waals surface area contributed by atoms with Crippen molar-refractivity contribution in [2.45, 2.75) is 26.6 Å². The van der Waals surface area contributed by atoms with Gasteiger partial charge in [-0.1, -0.05) is 17.7 Å². The maximum Gasteiger partial charge on any atom is 0.416 e. The van der Waals surface area contributed by atoms with Gasteiger partial charge in [0.2, 0.25) is 0 Å². The number of aryl methyl sites for hydroxylation is 1. The lowest BCUT2D eigenvalue weighted by molar-refractivity contribution is -0.137. The van der Waals surface area contributed by atoms with Gasteiger partial charge in [-0.3, -0.25) is 0 Å². The highest BCUT2D eigenvalue weighted by molar-refractivity contribution is 6.07. The van der Waals surface area contributed by atoms with Crippen LogP contribution in [0.4, 0.5) is 13.2 Å². The molecule has 0 aliphatic carbocycles. The van der Waals surface area contributed by atoms with Crippen LogP contribution < -0.4 is 0 Å². The number of nitrogens with zero attached hydrogens (tertiary/aromatic N) is 2. The number of alkyl halides is 3. The SMILES string of the molecule is COC(=O)c1cccc2c1c(/C=C(/C)C#N)cn2Cc1cc(C)cc(C(F)(F)F)c1. The molecule has 4 nitrogen and oxygen atoms in total. The van der Waals surface area contributed by atoms with E-state index in [0.717, 1.165) is 12.1 Å². The van der Waals surface area contributed by atoms with Crippen molar-refractivity contribution in [3.63, 3.8) is 0 Å². The fourth-order valence-electron chi connectivity index (χ4n) is 3.48. The molecule has 0 saturated carbocycles. The molecule has 3 aromatic rings. The number of aromatic nitrogens is 1. The molecule has 0 aliphatic rings. The van der Waals surface area contributed by atoms with E-state index in [1.54, 1.807) is 55.0 Å². The number of hydrogen-bond acceptors (Lipinski definition) is 3. The second kappa shape index (κ2) is 8.07. The van der Waals surface area contributed by atoms with Gasteiger partial charge in [0.25, 0.3) is 0 Å². The van der Waals surface area contributed by atoms with Crippen LogP contribution in [-0.4, -0.2) is 17.6 Å². The third-order valence-corrected chi connectivity index (χ3v) is 4.71. The van der Waals surface area contributed by atoms with E-state index in [2.05, 4.69) is 0 Å². The number of halogens is 3. The highest BCUT2D eigenvalue weighted by Gasteiger charge is 2.31. The Kier molecular flexibility index (Phi) is 5.70. The summed E-state index contributed by atoms with van der Waals surface area (Å²) in [5.74, 6) is -0.530. The molecule has 1 heterocycles. The first-order valence-electron chi connectivity index (χ1n) is 9.10. The Morgan fingerprint density at radius 2 is 2.00 bits per heavy atom. The first-order chi connectivity index (χ1) is 14.1. The summed E-state index contributed by atoms with van der Waals surface area (Å²) in [4.78, 5) is 12.3. The third-order valence-electron chi connectivity index (χ3n) is 4.71. The van der Waals surface area contributed by atoms with Crippen LogP contribution in [0, 0.1) is 18.3 Å². The number of rotatable bonds is 4. The molecule has 154 valence electrons. The van der Waals surface area contributed by atoms with E-state index in [1.165, 1.54) is 7.11 Å². The lowest BCUT2D eigenvalue weighted by Gasteiger charge is -2.12. The maximum absolute atomic E-state index is 13.2. The number of allylic oxidation sites excluding steroid dienone is 1. The summed E-state index contributed by atoms with van der Waals surface area (Å²) in [6, 6.07) is 11.1. The molecule has 0 bridgehead atoms. The molecule has 0 unspecified atom stereocenters. The Morgan fingerprint density at radius 3 is 2.63 bits per heavy atom. The van der Waals surface area contributed by atoms with Crippen LogP contribution >= 0.6 is 0 Å². The van der Waals surface area contributed by atoms with Crippen molar-refractivity contribution in [1.82, 2.24) is 4.57 Å². The van der Waals surface area contributed by atoms with Crippen molar-refractivity contribution < 1.29 is 22.7 Å². The van der Waals surface area contributed by atoms with Gasteiger partial charge in [0.1, 0.15) is 0 Å². The standard InChI is InChI=1S/C23H19F3N2O2/c1-14-7-16(10-18(9-14)23(24,25)26)12-28-13-17(8-15(2)11-27)21-19(22(29)30-3)5-4-6-20(21)28/h4-10,13H,12H2,1-3H3/b15-8-. The smallest absolute Gasteiger partial charge is 0.416 e. The first kappa shape index (κ1) is 21.2. The zero-order chi connectivity index (χ0) is 22.1. The van der Waals surface area contributed by atoms with Gasteiger partial charge >= 0.3 is 12.1 Å². The molecular formula is C23H19F3N2O2. The first-order valence-corrected chi connectivity index (χ1v) is 9.10. The zero-order valence-electron chi connectivity index (χ0n) is 16.7. The van der Waals surface area contributed by atoms with Gasteiger partial charge in [-0.25, -0.2) is 4.79 Å². The Bertz CT molecular complexity index is 1200. The number of benzene rings is 2. The monoisotopic (exact) mass is 412 g/mol. The number of carbonyl (C=O) groups is 1. The molecular weight excluding hydrogens is 393 g/mol. The van der Waals surface area contributed by atoms with Crippen molar-refractivity contribution in [1.29, 1.82) is 5.26 Å². The van der Waals surface area contributed by atoms with E-state index in [1.807, 2.05) is 6.07 Å². The van der Waals surface area contributed by atoms with Crippen LogP contribution in [0.5, 0.6) is 0 Å². The fourth-order valence-corrected chi connectivity index (χ4v) is 3.48. The molecule has 0 atom stereocenters. The summed E-state index contributed by atoms with van der Waals surface area (Å²) in [6.45, 7) is 3.43. The van der Waals surface area contributed by atoms with E-state index in [0.29, 0.717) is 38.7 Å². The Labute approximate surface area is 171 Å². The molecule has 0 radical (unpaired) electrons. The van der Waals surface area contributed by atoms with Crippen molar-refractivity contribution >= 4 is 22.9 Å². The van der Waals surface area contributed by atoms with E-state index < -0.39 is 17.7 Å². The molecule has 7 heteroatoms. The van der Waals surface area contributed by atoms with Crippen molar-refractivity contribution in [2.24, 2.45) is 0 Å². The molecule has 0 fully saturated rings. The summed E-state index contributed by atoms with van der Waals surface area (Å²) in [6.07, 6.45) is -1.06. The molecule has 0 amide bonds. The number of methoxy groups -OCH3 is 1. The van der Waals surface area contributed by atoms with E-state index in [9.17, 15) is 18.0 Å². The van der Waals surface area contributed by atoms with Gasteiger partial charge in [-0.2, -0.15) is 18.4 Å². The quantitative estimate of drug-likeness (QED) is 0.406. The minimum absolute atomic E-state index is 0.172. The van der Waals surface area contributed by atoms with Crippen LogP contribution in [0.2, 0.25) is 0 Å². The Hall–Kier alpha value is -3.53. The van der Waals surface area contributed by atoms with E-state index in [-0.39, 0.29) is 6.54 Å². The number of esters is 1. The summed E-state index contributed by atoms with van der Waals surface area (Å²) < 4.78 is 46.3. The minimum Gasteiger partial charge on any atom is -0.465 e. The zero-order valence-corrected chi connectivity index (χ0v) is 16.7. The highest BCUT2D eigenvalue weighted by atomic mass is 19.4. The van der Waals surface area contributed by atoms with Gasteiger partial charge in [0.15, 0.2) is 0 Å². The minimum atomic E-state index is -4.44. The number of nitriles is 1. The van der Waals surface area contributed by atoms with Crippen molar-refractivity contribution in [2.75, 3.05) is 7.11 Å². The predicted molar refractivity (Wildman–Crippen MR) is 108 cm³/mol. The van der Waals surface area contributed by atoms with E-state index in [4.69, 9.17) is 10.00 Å². The fraction of sp³-hybridized carbons (Fsp3) is 0.217. The van der Waals surface area contributed by atoms with Crippen LogP contribution in [0.25, 0.3) is 17.0 Å². The average molecular weight is 412 g/mol. The van der Waals surface area contributed by atoms with Crippen LogP contribution in [0.15, 0.2) is 48.2 Å². The van der Waals surface area contributed by atoms with Gasteiger partial charge in [-0.15, -0.1) is 0 Å². The lowest BCUT2D eigenvalue weighted by Crippen LogP contribution is -2.07. The third kappa shape index (κ3) is 4.23. The maximum atomic E-state index is 13.2. The van der Waals surface area contributed by atoms with Crippen LogP contribution in [0.3, 0.4) is 0 Å². The summed E-state index contributed by atoms with van der Waals surface area (Å²) >= 11 is 0. The Morgan fingerprint density at radius 1 is 1.27 bits per heavy atom. The van der Waals surface area contributed by atoms with E-state index >= 15 is 0 Å². The molecule has 3 rings (SSSR count). The summed E-state index contributed by atoms with van der Waals surface area (Å²) in [5, 5.41) is 9.73. The second-order valence-corrected chi connectivity index (χ2v) is 7.05. The number of hydrogen-bond donors (Lipinski definition) is 0. The molecule has 2 aromatic carbocycles.